The highest BCUT2D eigenvalue weighted by Crippen LogP contribution is 2.36. The van der Waals surface area contributed by atoms with Gasteiger partial charge in [-0.15, -0.1) is 0 Å². The van der Waals surface area contributed by atoms with Gasteiger partial charge >= 0.3 is 6.18 Å². The minimum Gasteiger partial charge on any atom is -0.246 e. The van der Waals surface area contributed by atoms with E-state index in [4.69, 9.17) is 0 Å². The zero-order valence-corrected chi connectivity index (χ0v) is 7.11. The summed E-state index contributed by atoms with van der Waals surface area (Å²) in [6.45, 7) is 0.635. The molecule has 0 radical (unpaired) electrons. The van der Waals surface area contributed by atoms with Crippen molar-refractivity contribution in [3.8, 4) is 0 Å². The van der Waals surface area contributed by atoms with Gasteiger partial charge in [0.05, 0.1) is 5.92 Å². The van der Waals surface area contributed by atoms with Gasteiger partial charge in [0.15, 0.2) is 0 Å². The van der Waals surface area contributed by atoms with Gasteiger partial charge in [-0.1, -0.05) is 25.2 Å². The smallest absolute Gasteiger partial charge is 0.246 e. The standard InChI is InChI=1S/C9H10F4/c1-6-2-3-7(5-10)4-8(6)9(11,12)13/h2-4,6,8H,5H2,1H3. The predicted octanol–water partition coefficient (Wildman–Crippen LogP) is 3.27. The maximum atomic E-state index is 12.3. The number of halogens is 4. The molecule has 0 spiro atoms. The minimum absolute atomic E-state index is 0.112. The Morgan fingerprint density at radius 1 is 1.38 bits per heavy atom. The zero-order chi connectivity index (χ0) is 10.1. The molecule has 0 aliphatic heterocycles. The van der Waals surface area contributed by atoms with Crippen molar-refractivity contribution in [3.63, 3.8) is 0 Å². The molecule has 0 aromatic carbocycles. The Morgan fingerprint density at radius 2 is 2.00 bits per heavy atom. The summed E-state index contributed by atoms with van der Waals surface area (Å²) in [5.74, 6) is -2.14. The molecule has 2 unspecified atom stereocenters. The predicted molar refractivity (Wildman–Crippen MR) is 41.9 cm³/mol. The molecule has 0 aromatic heterocycles. The van der Waals surface area contributed by atoms with Crippen molar-refractivity contribution in [1.82, 2.24) is 0 Å². The highest BCUT2D eigenvalue weighted by atomic mass is 19.4. The Balaban J connectivity index is 2.86. The van der Waals surface area contributed by atoms with Gasteiger partial charge in [0.1, 0.15) is 6.67 Å². The number of allylic oxidation sites excluding steroid dienone is 4. The van der Waals surface area contributed by atoms with Gasteiger partial charge in [-0.05, 0) is 11.5 Å². The van der Waals surface area contributed by atoms with Crippen LogP contribution in [0.3, 0.4) is 0 Å². The fourth-order valence-electron chi connectivity index (χ4n) is 1.31. The fourth-order valence-corrected chi connectivity index (χ4v) is 1.31. The summed E-state index contributed by atoms with van der Waals surface area (Å²) in [4.78, 5) is 0. The SMILES string of the molecule is CC1C=CC(CF)=CC1C(F)(F)F. The molecule has 0 nitrogen and oxygen atoms in total. The van der Waals surface area contributed by atoms with Crippen LogP contribution in [-0.2, 0) is 0 Å². The number of hydrogen-bond acceptors (Lipinski definition) is 0. The summed E-state index contributed by atoms with van der Waals surface area (Å²) < 4.78 is 49.0. The van der Waals surface area contributed by atoms with Crippen LogP contribution in [0.2, 0.25) is 0 Å². The first kappa shape index (κ1) is 10.3. The summed E-state index contributed by atoms with van der Waals surface area (Å²) in [5, 5.41) is 0. The van der Waals surface area contributed by atoms with E-state index < -0.39 is 24.7 Å². The molecule has 0 amide bonds. The molecule has 0 N–H and O–H groups in total. The van der Waals surface area contributed by atoms with Crippen LogP contribution in [0.15, 0.2) is 23.8 Å². The second-order valence-corrected chi connectivity index (χ2v) is 3.16. The van der Waals surface area contributed by atoms with Crippen LogP contribution in [0.4, 0.5) is 17.6 Å². The summed E-state index contributed by atoms with van der Waals surface area (Å²) in [7, 11) is 0. The number of rotatable bonds is 1. The van der Waals surface area contributed by atoms with Crippen molar-refractivity contribution in [3.05, 3.63) is 23.8 Å². The van der Waals surface area contributed by atoms with E-state index in [1.54, 1.807) is 0 Å². The third-order valence-corrected chi connectivity index (χ3v) is 2.11. The molecule has 0 bridgehead atoms. The van der Waals surface area contributed by atoms with Gasteiger partial charge in [-0.2, -0.15) is 13.2 Å². The average molecular weight is 194 g/mol. The maximum absolute atomic E-state index is 12.3. The van der Waals surface area contributed by atoms with Crippen LogP contribution in [-0.4, -0.2) is 12.9 Å². The quantitative estimate of drug-likeness (QED) is 0.562. The largest absolute Gasteiger partial charge is 0.395 e. The van der Waals surface area contributed by atoms with E-state index in [0.717, 1.165) is 6.08 Å². The van der Waals surface area contributed by atoms with Gasteiger partial charge in [0, 0.05) is 0 Å². The van der Waals surface area contributed by atoms with Crippen LogP contribution >= 0.6 is 0 Å². The van der Waals surface area contributed by atoms with Crippen molar-refractivity contribution < 1.29 is 17.6 Å². The Hall–Kier alpha value is -0.800. The minimum atomic E-state index is -4.27. The lowest BCUT2D eigenvalue weighted by Gasteiger charge is -2.24. The van der Waals surface area contributed by atoms with Crippen LogP contribution in [0.5, 0.6) is 0 Å². The molecular weight excluding hydrogens is 184 g/mol. The molecule has 4 heteroatoms. The van der Waals surface area contributed by atoms with E-state index in [1.165, 1.54) is 19.1 Å². The third-order valence-electron chi connectivity index (χ3n) is 2.11. The van der Waals surface area contributed by atoms with Gasteiger partial charge in [-0.25, -0.2) is 4.39 Å². The van der Waals surface area contributed by atoms with E-state index in [9.17, 15) is 17.6 Å². The monoisotopic (exact) mass is 194 g/mol. The first-order chi connectivity index (χ1) is 5.95. The summed E-state index contributed by atoms with van der Waals surface area (Å²) >= 11 is 0. The fraction of sp³-hybridized carbons (Fsp3) is 0.556. The molecule has 1 aliphatic rings. The number of alkyl halides is 4. The second-order valence-electron chi connectivity index (χ2n) is 3.16. The molecule has 0 saturated carbocycles. The highest BCUT2D eigenvalue weighted by molar-refractivity contribution is 5.26. The second kappa shape index (κ2) is 3.52. The van der Waals surface area contributed by atoms with Crippen molar-refractivity contribution in [2.45, 2.75) is 13.1 Å². The molecule has 0 saturated heterocycles. The molecule has 1 rings (SSSR count). The lowest BCUT2D eigenvalue weighted by Crippen LogP contribution is -2.28. The van der Waals surface area contributed by atoms with Crippen molar-refractivity contribution in [1.29, 1.82) is 0 Å². The third kappa shape index (κ3) is 2.32. The maximum Gasteiger partial charge on any atom is 0.395 e. The normalized spacial score (nSPS) is 28.8. The first-order valence-electron chi connectivity index (χ1n) is 3.96. The summed E-state index contributed by atoms with van der Waals surface area (Å²) in [5.41, 5.74) is 0.112. The Morgan fingerprint density at radius 3 is 2.46 bits per heavy atom. The summed E-state index contributed by atoms with van der Waals surface area (Å²) in [6.07, 6.45) is -0.505. The lowest BCUT2D eigenvalue weighted by molar-refractivity contribution is -0.169. The molecule has 0 fully saturated rings. The Labute approximate surface area is 73.9 Å². The van der Waals surface area contributed by atoms with Crippen molar-refractivity contribution in [2.75, 3.05) is 6.67 Å². The van der Waals surface area contributed by atoms with Gasteiger partial charge in [0.25, 0.3) is 0 Å². The average Bonchev–Trinajstić information content (AvgIpc) is 2.03. The van der Waals surface area contributed by atoms with Crippen LogP contribution in [0.25, 0.3) is 0 Å². The molecule has 1 aliphatic carbocycles. The molecule has 2 atom stereocenters. The van der Waals surface area contributed by atoms with E-state index in [-0.39, 0.29) is 5.57 Å². The highest BCUT2D eigenvalue weighted by Gasteiger charge is 2.41. The van der Waals surface area contributed by atoms with E-state index in [1.807, 2.05) is 0 Å². The van der Waals surface area contributed by atoms with E-state index >= 15 is 0 Å². The Kier molecular flexibility index (Phi) is 2.78. The molecular formula is C9H10F4. The van der Waals surface area contributed by atoms with Crippen LogP contribution < -0.4 is 0 Å². The lowest BCUT2D eigenvalue weighted by atomic mass is 9.87. The van der Waals surface area contributed by atoms with Crippen LogP contribution in [0, 0.1) is 11.8 Å². The first-order valence-corrected chi connectivity index (χ1v) is 3.96. The van der Waals surface area contributed by atoms with Crippen molar-refractivity contribution in [2.24, 2.45) is 11.8 Å². The zero-order valence-electron chi connectivity index (χ0n) is 7.11. The van der Waals surface area contributed by atoms with E-state index in [0.29, 0.717) is 0 Å². The van der Waals surface area contributed by atoms with Gasteiger partial charge in [0.2, 0.25) is 0 Å². The summed E-state index contributed by atoms with van der Waals surface area (Å²) in [6, 6.07) is 0. The topological polar surface area (TPSA) is 0 Å². The molecule has 74 valence electrons. The number of hydrogen-bond donors (Lipinski definition) is 0. The Bertz CT molecular complexity index is 236. The molecule has 0 aromatic rings. The van der Waals surface area contributed by atoms with Crippen molar-refractivity contribution >= 4 is 0 Å². The van der Waals surface area contributed by atoms with E-state index in [2.05, 4.69) is 0 Å². The molecule has 0 heterocycles. The van der Waals surface area contributed by atoms with Gasteiger partial charge in [-0.3, -0.25) is 0 Å². The van der Waals surface area contributed by atoms with Crippen LogP contribution in [0.1, 0.15) is 6.92 Å². The molecule has 13 heavy (non-hydrogen) atoms. The van der Waals surface area contributed by atoms with Gasteiger partial charge < -0.3 is 0 Å².